The highest BCUT2D eigenvalue weighted by Gasteiger charge is 2.27. The Morgan fingerprint density at radius 2 is 2.00 bits per heavy atom. The first-order chi connectivity index (χ1) is 5.29. The highest BCUT2D eigenvalue weighted by atomic mass is 14.3. The van der Waals surface area contributed by atoms with E-state index in [2.05, 4.69) is 38.1 Å². The molecule has 11 heavy (non-hydrogen) atoms. The van der Waals surface area contributed by atoms with Crippen molar-refractivity contribution in [2.75, 3.05) is 0 Å². The first-order valence-electron chi connectivity index (χ1n) is 4.37. The summed E-state index contributed by atoms with van der Waals surface area (Å²) in [7, 11) is 0. The van der Waals surface area contributed by atoms with E-state index in [-0.39, 0.29) is 0 Å². The van der Waals surface area contributed by atoms with Crippen molar-refractivity contribution in [3.63, 3.8) is 0 Å². The number of hydrogen-bond acceptors (Lipinski definition) is 0. The minimum Gasteiger partial charge on any atom is -0.0622 e. The summed E-state index contributed by atoms with van der Waals surface area (Å²) in [4.78, 5) is 0. The van der Waals surface area contributed by atoms with E-state index in [1.54, 1.807) is 11.1 Å². The Balaban J connectivity index is 2.29. The van der Waals surface area contributed by atoms with Crippen molar-refractivity contribution < 1.29 is 0 Å². The van der Waals surface area contributed by atoms with Gasteiger partial charge in [-0.15, -0.1) is 0 Å². The zero-order valence-electron chi connectivity index (χ0n) is 7.17. The summed E-state index contributed by atoms with van der Waals surface area (Å²) in [5, 5.41) is 0. The van der Waals surface area contributed by atoms with Crippen LogP contribution in [0.1, 0.15) is 30.9 Å². The van der Waals surface area contributed by atoms with Gasteiger partial charge in [-0.2, -0.15) is 0 Å². The van der Waals surface area contributed by atoms with Crippen LogP contribution in [-0.4, -0.2) is 0 Å². The van der Waals surface area contributed by atoms with Gasteiger partial charge >= 0.3 is 0 Å². The molecule has 0 bridgehead atoms. The van der Waals surface area contributed by atoms with E-state index < -0.39 is 0 Å². The van der Waals surface area contributed by atoms with E-state index in [0.29, 0.717) is 0 Å². The monoisotopic (exact) mass is 146 g/mol. The summed E-state index contributed by atoms with van der Waals surface area (Å²) in [5.74, 6) is 1.65. The highest BCUT2D eigenvalue weighted by molar-refractivity contribution is 5.40. The van der Waals surface area contributed by atoms with Crippen LogP contribution in [0, 0.1) is 5.92 Å². The number of fused-ring (bicyclic) bond motifs is 1. The third-order valence-electron chi connectivity index (χ3n) is 2.70. The van der Waals surface area contributed by atoms with Gasteiger partial charge in [0.05, 0.1) is 0 Å². The highest BCUT2D eigenvalue weighted by Crippen LogP contribution is 2.39. The Morgan fingerprint density at radius 3 is 2.64 bits per heavy atom. The van der Waals surface area contributed by atoms with Crippen LogP contribution in [0.4, 0.5) is 0 Å². The standard InChI is InChI=1S/C11H14/c1-8(2)11-7-9-5-3-4-6-10(9)11/h3-6,8,11H,7H2,1-2H3/t11-/m0/s1. The van der Waals surface area contributed by atoms with Gasteiger partial charge in [0.15, 0.2) is 0 Å². The Bertz CT molecular complexity index is 260. The third-order valence-corrected chi connectivity index (χ3v) is 2.70. The Hall–Kier alpha value is -0.780. The van der Waals surface area contributed by atoms with Crippen molar-refractivity contribution in [3.8, 4) is 0 Å². The number of benzene rings is 1. The predicted octanol–water partition coefficient (Wildman–Crippen LogP) is 2.98. The maximum Gasteiger partial charge on any atom is -0.00956 e. The molecule has 0 radical (unpaired) electrons. The fraction of sp³-hybridized carbons (Fsp3) is 0.455. The second-order valence-corrected chi connectivity index (χ2v) is 3.75. The van der Waals surface area contributed by atoms with Crippen molar-refractivity contribution in [2.24, 2.45) is 5.92 Å². The number of rotatable bonds is 1. The van der Waals surface area contributed by atoms with E-state index in [1.165, 1.54) is 6.42 Å². The average molecular weight is 146 g/mol. The molecule has 0 heteroatoms. The molecule has 0 aliphatic heterocycles. The van der Waals surface area contributed by atoms with E-state index in [4.69, 9.17) is 0 Å². The van der Waals surface area contributed by atoms with E-state index >= 15 is 0 Å². The minimum atomic E-state index is 0.810. The van der Waals surface area contributed by atoms with E-state index in [1.807, 2.05) is 0 Å². The van der Waals surface area contributed by atoms with Crippen molar-refractivity contribution in [3.05, 3.63) is 35.4 Å². The fourth-order valence-electron chi connectivity index (χ4n) is 1.89. The van der Waals surface area contributed by atoms with Crippen molar-refractivity contribution in [1.82, 2.24) is 0 Å². The van der Waals surface area contributed by atoms with E-state index in [0.717, 1.165) is 11.8 Å². The summed E-state index contributed by atoms with van der Waals surface area (Å²) in [6, 6.07) is 8.79. The molecule has 0 unspecified atom stereocenters. The molecule has 1 aliphatic carbocycles. The predicted molar refractivity (Wildman–Crippen MR) is 47.7 cm³/mol. The molecule has 2 rings (SSSR count). The number of hydrogen-bond donors (Lipinski definition) is 0. The summed E-state index contributed by atoms with van der Waals surface area (Å²) >= 11 is 0. The van der Waals surface area contributed by atoms with Gasteiger partial charge in [0, 0.05) is 0 Å². The first kappa shape index (κ1) is 6.90. The third kappa shape index (κ3) is 0.973. The van der Waals surface area contributed by atoms with Crippen LogP contribution in [0.5, 0.6) is 0 Å². The smallest absolute Gasteiger partial charge is 0.00956 e. The zero-order chi connectivity index (χ0) is 7.84. The lowest BCUT2D eigenvalue weighted by atomic mass is 9.72. The lowest BCUT2D eigenvalue weighted by Crippen LogP contribution is -2.21. The molecule has 0 fully saturated rings. The van der Waals surface area contributed by atoms with Crippen LogP contribution in [0.25, 0.3) is 0 Å². The zero-order valence-corrected chi connectivity index (χ0v) is 7.17. The normalized spacial score (nSPS) is 21.2. The molecule has 1 aromatic rings. The lowest BCUT2D eigenvalue weighted by molar-refractivity contribution is 0.451. The Labute approximate surface area is 68.3 Å². The molecule has 0 saturated carbocycles. The van der Waals surface area contributed by atoms with E-state index in [9.17, 15) is 0 Å². The molecule has 0 aromatic heterocycles. The second-order valence-electron chi connectivity index (χ2n) is 3.75. The van der Waals surface area contributed by atoms with Crippen LogP contribution in [0.3, 0.4) is 0 Å². The molecule has 0 nitrogen and oxygen atoms in total. The van der Waals surface area contributed by atoms with Crippen molar-refractivity contribution in [1.29, 1.82) is 0 Å². The summed E-state index contributed by atoms with van der Waals surface area (Å²) in [6.45, 7) is 4.61. The molecule has 0 spiro atoms. The lowest BCUT2D eigenvalue weighted by Gasteiger charge is -2.33. The van der Waals surface area contributed by atoms with Gasteiger partial charge in [0.2, 0.25) is 0 Å². The molecule has 58 valence electrons. The maximum atomic E-state index is 2.31. The van der Waals surface area contributed by atoms with Crippen LogP contribution in [-0.2, 0) is 6.42 Å². The van der Waals surface area contributed by atoms with Gasteiger partial charge < -0.3 is 0 Å². The summed E-state index contributed by atoms with van der Waals surface area (Å²) in [5.41, 5.74) is 3.15. The second kappa shape index (κ2) is 2.37. The topological polar surface area (TPSA) is 0 Å². The molecule has 0 N–H and O–H groups in total. The molecule has 1 atom stereocenters. The summed E-state index contributed by atoms with van der Waals surface area (Å²) in [6.07, 6.45) is 1.30. The van der Waals surface area contributed by atoms with Crippen molar-refractivity contribution >= 4 is 0 Å². The fourth-order valence-corrected chi connectivity index (χ4v) is 1.89. The largest absolute Gasteiger partial charge is 0.0622 e. The van der Waals surface area contributed by atoms with Gasteiger partial charge in [-0.25, -0.2) is 0 Å². The Morgan fingerprint density at radius 1 is 1.27 bits per heavy atom. The van der Waals surface area contributed by atoms with Gasteiger partial charge in [-0.05, 0) is 29.4 Å². The van der Waals surface area contributed by atoms with Crippen LogP contribution < -0.4 is 0 Å². The first-order valence-corrected chi connectivity index (χ1v) is 4.37. The van der Waals surface area contributed by atoms with Crippen LogP contribution in [0.15, 0.2) is 24.3 Å². The van der Waals surface area contributed by atoms with Crippen molar-refractivity contribution in [2.45, 2.75) is 26.2 Å². The quantitative estimate of drug-likeness (QED) is 0.571. The van der Waals surface area contributed by atoms with Crippen LogP contribution >= 0.6 is 0 Å². The molecule has 1 aromatic carbocycles. The molecular weight excluding hydrogens is 132 g/mol. The van der Waals surface area contributed by atoms with Gasteiger partial charge in [0.1, 0.15) is 0 Å². The molecule has 0 amide bonds. The molecule has 1 aliphatic rings. The summed E-state index contributed by atoms with van der Waals surface area (Å²) < 4.78 is 0. The van der Waals surface area contributed by atoms with Gasteiger partial charge in [-0.3, -0.25) is 0 Å². The van der Waals surface area contributed by atoms with Crippen LogP contribution in [0.2, 0.25) is 0 Å². The molecular formula is C11H14. The maximum absolute atomic E-state index is 2.31. The van der Waals surface area contributed by atoms with Gasteiger partial charge in [0.25, 0.3) is 0 Å². The molecule has 0 heterocycles. The average Bonchev–Trinajstić information content (AvgIpc) is 1.90. The SMILES string of the molecule is CC(C)[C@@H]1Cc2ccccc21. The Kier molecular flexibility index (Phi) is 1.49. The van der Waals surface area contributed by atoms with Gasteiger partial charge in [-0.1, -0.05) is 38.1 Å². The molecule has 0 saturated heterocycles. The minimum absolute atomic E-state index is 0.810.